The number of carbonyl (C=O) groups excluding carboxylic acids is 1. The number of carbonyl (C=O) groups is 1. The van der Waals surface area contributed by atoms with Gasteiger partial charge in [-0.05, 0) is 12.8 Å². The summed E-state index contributed by atoms with van der Waals surface area (Å²) in [4.78, 5) is 10.9. The molecule has 0 spiro atoms. The molecule has 16 heavy (non-hydrogen) atoms. The highest BCUT2D eigenvalue weighted by Crippen LogP contribution is 2.19. The van der Waals surface area contributed by atoms with Crippen molar-refractivity contribution >= 4 is 16.2 Å². The number of methoxy groups -OCH3 is 1. The molecule has 0 saturated heterocycles. The maximum absolute atomic E-state index is 11.7. The fourth-order valence-corrected chi connectivity index (χ4v) is 2.47. The van der Waals surface area contributed by atoms with E-state index in [4.69, 9.17) is 0 Å². The van der Waals surface area contributed by atoms with E-state index in [9.17, 15) is 13.2 Å². The molecule has 0 aliphatic heterocycles. The van der Waals surface area contributed by atoms with E-state index in [0.717, 1.165) is 23.6 Å². The molecule has 0 unspecified atom stereocenters. The highest BCUT2D eigenvalue weighted by molar-refractivity contribution is 7.87. The lowest BCUT2D eigenvalue weighted by Crippen LogP contribution is -2.46. The molecule has 1 aliphatic rings. The van der Waals surface area contributed by atoms with Crippen LogP contribution in [0, 0.1) is 0 Å². The van der Waals surface area contributed by atoms with Gasteiger partial charge in [0.05, 0.1) is 13.5 Å². The summed E-state index contributed by atoms with van der Waals surface area (Å²) in [7, 11) is -0.719. The average Bonchev–Trinajstić information content (AvgIpc) is 2.19. The van der Waals surface area contributed by atoms with E-state index < -0.39 is 16.2 Å². The second-order valence-corrected chi connectivity index (χ2v) is 5.71. The van der Waals surface area contributed by atoms with Crippen LogP contribution in [-0.4, -0.2) is 45.4 Å². The molecule has 0 radical (unpaired) electrons. The van der Waals surface area contributed by atoms with E-state index >= 15 is 0 Å². The van der Waals surface area contributed by atoms with Gasteiger partial charge in [-0.25, -0.2) is 0 Å². The summed E-state index contributed by atoms with van der Waals surface area (Å²) < 4.78 is 31.6. The molecule has 6 nitrogen and oxygen atoms in total. The first kappa shape index (κ1) is 13.4. The Kier molecular flexibility index (Phi) is 4.69. The highest BCUT2D eigenvalue weighted by atomic mass is 32.2. The van der Waals surface area contributed by atoms with Crippen LogP contribution >= 0.6 is 0 Å². The fourth-order valence-electron chi connectivity index (χ4n) is 1.30. The number of nitrogens with one attached hydrogen (secondary N) is 1. The van der Waals surface area contributed by atoms with Gasteiger partial charge in [0, 0.05) is 19.6 Å². The first-order valence-corrected chi connectivity index (χ1v) is 6.70. The van der Waals surface area contributed by atoms with E-state index in [2.05, 4.69) is 9.46 Å². The summed E-state index contributed by atoms with van der Waals surface area (Å²) >= 11 is 0. The van der Waals surface area contributed by atoms with Crippen LogP contribution in [0.3, 0.4) is 0 Å². The van der Waals surface area contributed by atoms with Crippen molar-refractivity contribution in [2.24, 2.45) is 0 Å². The maximum atomic E-state index is 11.7. The van der Waals surface area contributed by atoms with Gasteiger partial charge in [0.1, 0.15) is 0 Å². The molecule has 1 N–H and O–H groups in total. The average molecular weight is 250 g/mol. The third-order valence-corrected chi connectivity index (χ3v) is 4.32. The molecular formula is C9H18N2O4S. The Balaban J connectivity index is 2.38. The predicted octanol–water partition coefficient (Wildman–Crippen LogP) is -0.132. The minimum atomic E-state index is -3.45. The van der Waals surface area contributed by atoms with Crippen molar-refractivity contribution in [2.75, 3.05) is 20.7 Å². The van der Waals surface area contributed by atoms with Gasteiger partial charge in [0.2, 0.25) is 0 Å². The van der Waals surface area contributed by atoms with E-state index in [1.54, 1.807) is 0 Å². The number of esters is 1. The van der Waals surface area contributed by atoms with Crippen molar-refractivity contribution in [3.8, 4) is 0 Å². The summed E-state index contributed by atoms with van der Waals surface area (Å²) in [5.41, 5.74) is 0. The van der Waals surface area contributed by atoms with Crippen LogP contribution in [0.1, 0.15) is 25.7 Å². The predicted molar refractivity (Wildman–Crippen MR) is 59.0 cm³/mol. The van der Waals surface area contributed by atoms with Gasteiger partial charge in [0.25, 0.3) is 10.2 Å². The molecule has 1 rings (SSSR count). The molecule has 94 valence electrons. The quantitative estimate of drug-likeness (QED) is 0.666. The van der Waals surface area contributed by atoms with Gasteiger partial charge in [-0.2, -0.15) is 17.4 Å². The molecule has 0 atom stereocenters. The van der Waals surface area contributed by atoms with Crippen LogP contribution < -0.4 is 4.72 Å². The number of hydrogen-bond acceptors (Lipinski definition) is 4. The molecule has 1 saturated carbocycles. The normalized spacial score (nSPS) is 17.2. The standard InChI is InChI=1S/C9H18N2O4S/c1-11(7-6-9(12)15-2)16(13,14)10-8-4-3-5-8/h8,10H,3-7H2,1-2H3. The van der Waals surface area contributed by atoms with Crippen LogP contribution in [0.4, 0.5) is 0 Å². The Morgan fingerprint density at radius 2 is 2.12 bits per heavy atom. The molecule has 0 aromatic rings. The van der Waals surface area contributed by atoms with Gasteiger partial charge in [-0.1, -0.05) is 6.42 Å². The van der Waals surface area contributed by atoms with Gasteiger partial charge >= 0.3 is 5.97 Å². The molecule has 0 aromatic carbocycles. The van der Waals surface area contributed by atoms with Crippen molar-refractivity contribution in [1.82, 2.24) is 9.03 Å². The molecular weight excluding hydrogens is 232 g/mol. The zero-order chi connectivity index (χ0) is 12.2. The lowest BCUT2D eigenvalue weighted by Gasteiger charge is -2.28. The van der Waals surface area contributed by atoms with Crippen LogP contribution in [0.25, 0.3) is 0 Å². The molecule has 0 heterocycles. The van der Waals surface area contributed by atoms with E-state index in [-0.39, 0.29) is 19.0 Å². The molecule has 1 fully saturated rings. The zero-order valence-corrected chi connectivity index (χ0v) is 10.4. The van der Waals surface area contributed by atoms with E-state index in [0.29, 0.717) is 0 Å². The van der Waals surface area contributed by atoms with Crippen LogP contribution in [0.2, 0.25) is 0 Å². The smallest absolute Gasteiger partial charge is 0.306 e. The second kappa shape index (κ2) is 5.60. The third kappa shape index (κ3) is 3.73. The fraction of sp³-hybridized carbons (Fsp3) is 0.889. The van der Waals surface area contributed by atoms with E-state index in [1.807, 2.05) is 0 Å². The van der Waals surface area contributed by atoms with Crippen molar-refractivity contribution in [3.05, 3.63) is 0 Å². The maximum Gasteiger partial charge on any atom is 0.306 e. The SMILES string of the molecule is COC(=O)CCN(C)S(=O)(=O)NC1CCC1. The number of ether oxygens (including phenoxy) is 1. The Bertz CT molecular complexity index is 337. The van der Waals surface area contributed by atoms with Gasteiger partial charge in [0.15, 0.2) is 0 Å². The van der Waals surface area contributed by atoms with Crippen molar-refractivity contribution in [2.45, 2.75) is 31.7 Å². The van der Waals surface area contributed by atoms with Gasteiger partial charge < -0.3 is 4.74 Å². The number of hydrogen-bond donors (Lipinski definition) is 1. The second-order valence-electron chi connectivity index (χ2n) is 3.90. The Labute approximate surface area is 96.1 Å². The van der Waals surface area contributed by atoms with Gasteiger partial charge in [-0.15, -0.1) is 0 Å². The summed E-state index contributed by atoms with van der Waals surface area (Å²) in [6.45, 7) is 0.134. The van der Waals surface area contributed by atoms with Crippen molar-refractivity contribution in [3.63, 3.8) is 0 Å². The topological polar surface area (TPSA) is 75.7 Å². The highest BCUT2D eigenvalue weighted by Gasteiger charge is 2.26. The number of rotatable bonds is 6. The van der Waals surface area contributed by atoms with Crippen LogP contribution in [0.5, 0.6) is 0 Å². The molecule has 0 aromatic heterocycles. The first-order chi connectivity index (χ1) is 7.45. The molecule has 1 aliphatic carbocycles. The first-order valence-electron chi connectivity index (χ1n) is 5.26. The third-order valence-electron chi connectivity index (χ3n) is 2.69. The van der Waals surface area contributed by atoms with E-state index in [1.165, 1.54) is 14.2 Å². The Morgan fingerprint density at radius 1 is 1.50 bits per heavy atom. The zero-order valence-electron chi connectivity index (χ0n) is 9.60. The summed E-state index contributed by atoms with van der Waals surface area (Å²) in [6, 6.07) is 0.0607. The van der Waals surface area contributed by atoms with Crippen LogP contribution in [-0.2, 0) is 19.7 Å². The Hall–Kier alpha value is -0.660. The molecule has 0 amide bonds. The Morgan fingerprint density at radius 3 is 2.56 bits per heavy atom. The summed E-state index contributed by atoms with van der Waals surface area (Å²) in [6.07, 6.45) is 2.92. The van der Waals surface area contributed by atoms with Crippen LogP contribution in [0.15, 0.2) is 0 Å². The lowest BCUT2D eigenvalue weighted by atomic mass is 9.94. The number of nitrogens with zero attached hydrogens (tertiary/aromatic N) is 1. The lowest BCUT2D eigenvalue weighted by molar-refractivity contribution is -0.140. The molecule has 0 bridgehead atoms. The van der Waals surface area contributed by atoms with Gasteiger partial charge in [-0.3, -0.25) is 4.79 Å². The minimum absolute atomic E-state index is 0.0607. The largest absolute Gasteiger partial charge is 0.469 e. The minimum Gasteiger partial charge on any atom is -0.469 e. The monoisotopic (exact) mass is 250 g/mol. The summed E-state index contributed by atoms with van der Waals surface area (Å²) in [5, 5.41) is 0. The van der Waals surface area contributed by atoms with Crippen molar-refractivity contribution in [1.29, 1.82) is 0 Å². The molecule has 7 heteroatoms. The summed E-state index contributed by atoms with van der Waals surface area (Å²) in [5.74, 6) is -0.411. The van der Waals surface area contributed by atoms with Crippen molar-refractivity contribution < 1.29 is 17.9 Å².